The maximum absolute atomic E-state index is 13.3. The molecule has 0 saturated carbocycles. The number of rotatable bonds is 5. The molecule has 0 aliphatic carbocycles. The molecule has 1 aromatic heterocycles. The molecule has 168 valence electrons. The Morgan fingerprint density at radius 1 is 1.15 bits per heavy atom. The highest BCUT2D eigenvalue weighted by molar-refractivity contribution is 7.12. The van der Waals surface area contributed by atoms with Gasteiger partial charge in [-0.1, -0.05) is 41.9 Å². The molecule has 7 nitrogen and oxygen atoms in total. The van der Waals surface area contributed by atoms with Crippen LogP contribution < -0.4 is 9.47 Å². The Morgan fingerprint density at radius 2 is 1.97 bits per heavy atom. The second-order valence-corrected chi connectivity index (χ2v) is 9.09. The van der Waals surface area contributed by atoms with Crippen LogP contribution in [0.15, 0.2) is 65.1 Å². The van der Waals surface area contributed by atoms with E-state index in [9.17, 15) is 9.59 Å². The minimum absolute atomic E-state index is 0.100. The summed E-state index contributed by atoms with van der Waals surface area (Å²) < 4.78 is 10.9. The fourth-order valence-corrected chi connectivity index (χ4v) is 4.88. The van der Waals surface area contributed by atoms with Crippen LogP contribution in [0.3, 0.4) is 0 Å². The van der Waals surface area contributed by atoms with Gasteiger partial charge in [0.15, 0.2) is 11.5 Å². The van der Waals surface area contributed by atoms with Crippen molar-refractivity contribution in [1.29, 1.82) is 0 Å². The van der Waals surface area contributed by atoms with Crippen molar-refractivity contribution >= 4 is 40.5 Å². The summed E-state index contributed by atoms with van der Waals surface area (Å²) in [4.78, 5) is 28.0. The van der Waals surface area contributed by atoms with E-state index >= 15 is 0 Å². The lowest BCUT2D eigenvalue weighted by atomic mass is 9.98. The van der Waals surface area contributed by atoms with E-state index in [-0.39, 0.29) is 31.2 Å². The molecule has 1 atom stereocenters. The zero-order chi connectivity index (χ0) is 22.9. The lowest BCUT2D eigenvalue weighted by Crippen LogP contribution is -2.39. The molecule has 2 aliphatic heterocycles. The Bertz CT molecular complexity index is 1240. The topological polar surface area (TPSA) is 71.4 Å². The van der Waals surface area contributed by atoms with Gasteiger partial charge >= 0.3 is 0 Å². The minimum atomic E-state index is -0.358. The van der Waals surface area contributed by atoms with Gasteiger partial charge in [0.25, 0.3) is 11.8 Å². The van der Waals surface area contributed by atoms with E-state index in [0.29, 0.717) is 33.5 Å². The fraction of sp³-hybridized carbons (Fsp3) is 0.208. The summed E-state index contributed by atoms with van der Waals surface area (Å²) in [5, 5.41) is 8.51. The molecule has 5 rings (SSSR count). The average molecular weight is 482 g/mol. The average Bonchev–Trinajstić information content (AvgIpc) is 3.58. The molecule has 2 aromatic carbocycles. The van der Waals surface area contributed by atoms with Crippen molar-refractivity contribution in [2.75, 3.05) is 20.4 Å². The molecule has 0 radical (unpaired) electrons. The number of thiophene rings is 1. The van der Waals surface area contributed by atoms with Crippen molar-refractivity contribution < 1.29 is 19.1 Å². The summed E-state index contributed by atoms with van der Waals surface area (Å²) in [7, 11) is 1.62. The van der Waals surface area contributed by atoms with Crippen molar-refractivity contribution in [3.63, 3.8) is 0 Å². The number of hydrogen-bond acceptors (Lipinski definition) is 6. The fourth-order valence-electron chi connectivity index (χ4n) is 3.91. The number of fused-ring (bicyclic) bond motifs is 1. The number of carbonyl (C=O) groups is 2. The van der Waals surface area contributed by atoms with Gasteiger partial charge < -0.3 is 14.4 Å². The summed E-state index contributed by atoms with van der Waals surface area (Å²) in [6, 6.07) is 16.2. The van der Waals surface area contributed by atoms with Crippen molar-refractivity contribution in [3.05, 3.63) is 81.0 Å². The van der Waals surface area contributed by atoms with E-state index in [1.54, 1.807) is 19.2 Å². The van der Waals surface area contributed by atoms with Crippen LogP contribution >= 0.6 is 22.9 Å². The van der Waals surface area contributed by atoms with Crippen LogP contribution in [0.5, 0.6) is 11.5 Å². The third-order valence-electron chi connectivity index (χ3n) is 5.58. The molecule has 33 heavy (non-hydrogen) atoms. The Morgan fingerprint density at radius 3 is 2.76 bits per heavy atom. The lowest BCUT2D eigenvalue weighted by Gasteiger charge is -2.25. The second kappa shape index (κ2) is 8.88. The molecule has 3 heterocycles. The molecule has 0 bridgehead atoms. The molecule has 2 aliphatic rings. The van der Waals surface area contributed by atoms with Crippen LogP contribution in [0.2, 0.25) is 5.02 Å². The summed E-state index contributed by atoms with van der Waals surface area (Å²) in [6.07, 6.45) is 0.484. The zero-order valence-electron chi connectivity index (χ0n) is 17.7. The number of likely N-dealkylation sites (N-methyl/N-ethyl adjacent to an activating group) is 1. The SMILES string of the molecule is CN(CC(=O)N1N=C(c2ccccc2Cl)C[C@@H]1c1ccc2c(c1)OCO2)C(=O)c1cccs1. The van der Waals surface area contributed by atoms with E-state index in [1.807, 2.05) is 47.8 Å². The molecular formula is C24H20ClN3O4S. The summed E-state index contributed by atoms with van der Waals surface area (Å²) in [5.74, 6) is 0.818. The quantitative estimate of drug-likeness (QED) is 0.534. The maximum Gasteiger partial charge on any atom is 0.264 e. The highest BCUT2D eigenvalue weighted by Gasteiger charge is 2.35. The monoisotopic (exact) mass is 481 g/mol. The number of hydrogen-bond donors (Lipinski definition) is 0. The Hall–Kier alpha value is -3.36. The molecule has 3 aromatic rings. The van der Waals surface area contributed by atoms with E-state index in [1.165, 1.54) is 21.2 Å². The molecule has 0 fully saturated rings. The number of halogens is 1. The normalized spacial score (nSPS) is 16.6. The zero-order valence-corrected chi connectivity index (χ0v) is 19.3. The van der Waals surface area contributed by atoms with Crippen LogP contribution in [-0.4, -0.2) is 47.8 Å². The van der Waals surface area contributed by atoms with E-state index in [2.05, 4.69) is 5.10 Å². The first-order valence-corrected chi connectivity index (χ1v) is 11.6. The van der Waals surface area contributed by atoms with Gasteiger partial charge in [-0.25, -0.2) is 5.01 Å². The van der Waals surface area contributed by atoms with Crippen LogP contribution in [0, 0.1) is 0 Å². The lowest BCUT2D eigenvalue weighted by molar-refractivity contribution is -0.133. The van der Waals surface area contributed by atoms with Gasteiger partial charge in [-0.15, -0.1) is 11.3 Å². The maximum atomic E-state index is 13.3. The molecule has 0 N–H and O–H groups in total. The Balaban J connectivity index is 1.44. The molecule has 0 spiro atoms. The summed E-state index contributed by atoms with van der Waals surface area (Å²) in [5.41, 5.74) is 2.36. The Kier molecular flexibility index (Phi) is 5.78. The largest absolute Gasteiger partial charge is 0.454 e. The molecule has 0 saturated heterocycles. The van der Waals surface area contributed by atoms with E-state index in [4.69, 9.17) is 21.1 Å². The summed E-state index contributed by atoms with van der Waals surface area (Å²) >= 11 is 7.76. The van der Waals surface area contributed by atoms with Crippen LogP contribution in [0.25, 0.3) is 0 Å². The van der Waals surface area contributed by atoms with Gasteiger partial charge in [0.05, 0.1) is 16.6 Å². The number of amides is 2. The third kappa shape index (κ3) is 4.19. The van der Waals surface area contributed by atoms with Crippen molar-refractivity contribution in [3.8, 4) is 11.5 Å². The molecule has 2 amide bonds. The Labute approximate surface area is 199 Å². The standard InChI is InChI=1S/C24H20ClN3O4S/c1-27(24(30)22-7-4-10-33-22)13-23(29)28-19(15-8-9-20-21(11-15)32-14-31-20)12-18(26-28)16-5-2-3-6-17(16)25/h2-11,19H,12-14H2,1H3/t19-/m1/s1. The third-order valence-corrected chi connectivity index (χ3v) is 6.77. The number of benzene rings is 2. The van der Waals surface area contributed by atoms with Gasteiger partial charge in [-0.3, -0.25) is 9.59 Å². The van der Waals surface area contributed by atoms with Gasteiger partial charge in [0, 0.05) is 24.1 Å². The summed E-state index contributed by atoms with van der Waals surface area (Å²) in [6.45, 7) is 0.0696. The predicted molar refractivity (Wildman–Crippen MR) is 126 cm³/mol. The predicted octanol–water partition coefficient (Wildman–Crippen LogP) is 4.58. The highest BCUT2D eigenvalue weighted by atomic mass is 35.5. The van der Waals surface area contributed by atoms with Gasteiger partial charge in [-0.05, 0) is 35.2 Å². The van der Waals surface area contributed by atoms with Gasteiger partial charge in [0.1, 0.15) is 6.54 Å². The van der Waals surface area contributed by atoms with Gasteiger partial charge in [-0.2, -0.15) is 5.10 Å². The highest BCUT2D eigenvalue weighted by Crippen LogP contribution is 2.39. The van der Waals surface area contributed by atoms with Crippen LogP contribution in [-0.2, 0) is 4.79 Å². The second-order valence-electron chi connectivity index (χ2n) is 7.74. The molecule has 0 unspecified atom stereocenters. The van der Waals surface area contributed by atoms with Crippen molar-refractivity contribution in [2.24, 2.45) is 5.10 Å². The molecular weight excluding hydrogens is 462 g/mol. The number of nitrogens with zero attached hydrogens (tertiary/aromatic N) is 3. The van der Waals surface area contributed by atoms with Crippen molar-refractivity contribution in [2.45, 2.75) is 12.5 Å². The smallest absolute Gasteiger partial charge is 0.264 e. The van der Waals surface area contributed by atoms with Crippen molar-refractivity contribution in [1.82, 2.24) is 9.91 Å². The van der Waals surface area contributed by atoms with E-state index < -0.39 is 0 Å². The van der Waals surface area contributed by atoms with Crippen LogP contribution in [0.1, 0.15) is 33.3 Å². The first-order valence-electron chi connectivity index (χ1n) is 10.3. The van der Waals surface area contributed by atoms with E-state index in [0.717, 1.165) is 11.1 Å². The first kappa shape index (κ1) is 21.5. The minimum Gasteiger partial charge on any atom is -0.454 e. The number of ether oxygens (including phenoxy) is 2. The number of carbonyl (C=O) groups excluding carboxylic acids is 2. The first-order chi connectivity index (χ1) is 16.0. The van der Waals surface area contributed by atoms with Crippen LogP contribution in [0.4, 0.5) is 0 Å². The molecule has 9 heteroatoms. The number of hydrazone groups is 1. The van der Waals surface area contributed by atoms with Gasteiger partial charge in [0.2, 0.25) is 6.79 Å².